The largest absolute Gasteiger partial charge is 0.356 e. The summed E-state index contributed by atoms with van der Waals surface area (Å²) >= 11 is 1.90. The van der Waals surface area contributed by atoms with E-state index < -0.39 is 0 Å². The van der Waals surface area contributed by atoms with Crippen molar-refractivity contribution in [2.75, 3.05) is 52.3 Å². The highest BCUT2D eigenvalue weighted by Crippen LogP contribution is 2.17. The van der Waals surface area contributed by atoms with Crippen molar-refractivity contribution in [1.82, 2.24) is 15.1 Å². The van der Waals surface area contributed by atoms with Gasteiger partial charge in [0.05, 0.1) is 0 Å². The number of nitrogens with one attached hydrogen (secondary N) is 1. The molecule has 0 amide bonds. The minimum atomic E-state index is 0. The van der Waals surface area contributed by atoms with Gasteiger partial charge >= 0.3 is 0 Å². The van der Waals surface area contributed by atoms with E-state index in [1.54, 1.807) is 0 Å². The molecule has 1 aliphatic rings. The van der Waals surface area contributed by atoms with Crippen LogP contribution in [0.3, 0.4) is 0 Å². The molecule has 0 aliphatic carbocycles. The van der Waals surface area contributed by atoms with Crippen LogP contribution in [-0.2, 0) is 0 Å². The van der Waals surface area contributed by atoms with E-state index in [2.05, 4.69) is 40.3 Å². The Labute approximate surface area is 146 Å². The van der Waals surface area contributed by atoms with E-state index in [9.17, 15) is 0 Å². The number of halogens is 1. The van der Waals surface area contributed by atoms with E-state index in [1.807, 2.05) is 18.8 Å². The predicted octanol–water partition coefficient (Wildman–Crippen LogP) is 2.35. The number of hydrogen-bond acceptors (Lipinski definition) is 3. The fourth-order valence-electron chi connectivity index (χ4n) is 2.72. The Morgan fingerprint density at radius 1 is 1.50 bits per heavy atom. The predicted molar refractivity (Wildman–Crippen MR) is 103 cm³/mol. The summed E-state index contributed by atoms with van der Waals surface area (Å²) in [6, 6.07) is 0.694. The van der Waals surface area contributed by atoms with Crippen molar-refractivity contribution < 1.29 is 0 Å². The molecule has 1 N–H and O–H groups in total. The van der Waals surface area contributed by atoms with Gasteiger partial charge < -0.3 is 10.2 Å². The Kier molecular flexibility index (Phi) is 12.1. The molecule has 4 nitrogen and oxygen atoms in total. The number of hydrogen-bond donors (Lipinski definition) is 1. The molecule has 0 spiro atoms. The summed E-state index contributed by atoms with van der Waals surface area (Å²) in [6.07, 6.45) is 6.01. The maximum atomic E-state index is 4.38. The standard InChI is InChI=1S/C14H30N4S.HI/c1-5-18-10-6-8-13(18)12-17(3)14(15-2)16-9-7-11-19-4;/h13H,5-12H2,1-4H3,(H,15,16);1H. The van der Waals surface area contributed by atoms with E-state index in [0.717, 1.165) is 25.6 Å². The molecular weight excluding hydrogens is 383 g/mol. The van der Waals surface area contributed by atoms with Crippen LogP contribution in [0.2, 0.25) is 0 Å². The van der Waals surface area contributed by atoms with Gasteiger partial charge in [-0.1, -0.05) is 6.92 Å². The molecule has 0 radical (unpaired) electrons. The lowest BCUT2D eigenvalue weighted by molar-refractivity contribution is 0.233. The molecule has 1 unspecified atom stereocenters. The molecule has 0 aromatic carbocycles. The summed E-state index contributed by atoms with van der Waals surface area (Å²) in [6.45, 7) is 6.77. The third kappa shape index (κ3) is 6.85. The second-order valence-electron chi connectivity index (χ2n) is 5.13. The fourth-order valence-corrected chi connectivity index (χ4v) is 3.16. The minimum Gasteiger partial charge on any atom is -0.356 e. The lowest BCUT2D eigenvalue weighted by atomic mass is 10.2. The third-order valence-electron chi connectivity index (χ3n) is 3.77. The van der Waals surface area contributed by atoms with Gasteiger partial charge in [-0.3, -0.25) is 9.89 Å². The first kappa shape index (κ1) is 20.3. The molecule has 6 heteroatoms. The van der Waals surface area contributed by atoms with Crippen LogP contribution in [-0.4, -0.2) is 74.1 Å². The minimum absolute atomic E-state index is 0. The Morgan fingerprint density at radius 2 is 2.25 bits per heavy atom. The number of thioether (sulfide) groups is 1. The van der Waals surface area contributed by atoms with Crippen LogP contribution in [0, 0.1) is 0 Å². The normalized spacial score (nSPS) is 19.8. The molecule has 0 aromatic rings. The van der Waals surface area contributed by atoms with E-state index in [4.69, 9.17) is 0 Å². The zero-order valence-electron chi connectivity index (χ0n) is 13.4. The Balaban J connectivity index is 0.00000361. The highest BCUT2D eigenvalue weighted by molar-refractivity contribution is 14.0. The molecule has 1 fully saturated rings. The number of rotatable bonds is 7. The lowest BCUT2D eigenvalue weighted by Crippen LogP contribution is -2.46. The maximum absolute atomic E-state index is 4.38. The summed E-state index contributed by atoms with van der Waals surface area (Å²) in [5.41, 5.74) is 0. The zero-order valence-corrected chi connectivity index (χ0v) is 16.5. The van der Waals surface area contributed by atoms with Crippen LogP contribution >= 0.6 is 35.7 Å². The average Bonchev–Trinajstić information content (AvgIpc) is 2.86. The number of nitrogens with zero attached hydrogens (tertiary/aromatic N) is 3. The van der Waals surface area contributed by atoms with E-state index in [1.165, 1.54) is 31.6 Å². The van der Waals surface area contributed by atoms with Crippen molar-refractivity contribution in [3.05, 3.63) is 0 Å². The molecule has 0 saturated carbocycles. The monoisotopic (exact) mass is 414 g/mol. The molecule has 1 heterocycles. The maximum Gasteiger partial charge on any atom is 0.193 e. The van der Waals surface area contributed by atoms with Gasteiger partial charge in [-0.15, -0.1) is 24.0 Å². The van der Waals surface area contributed by atoms with Gasteiger partial charge in [0.15, 0.2) is 5.96 Å². The van der Waals surface area contributed by atoms with Crippen molar-refractivity contribution in [3.63, 3.8) is 0 Å². The fraction of sp³-hybridized carbons (Fsp3) is 0.929. The van der Waals surface area contributed by atoms with Gasteiger partial charge in [0.1, 0.15) is 0 Å². The second-order valence-corrected chi connectivity index (χ2v) is 6.11. The first-order chi connectivity index (χ1) is 9.22. The molecular formula is C14H31IN4S. The van der Waals surface area contributed by atoms with Crippen molar-refractivity contribution in [1.29, 1.82) is 0 Å². The highest BCUT2D eigenvalue weighted by atomic mass is 127. The second kappa shape index (κ2) is 11.9. The molecule has 120 valence electrons. The first-order valence-electron chi connectivity index (χ1n) is 7.37. The third-order valence-corrected chi connectivity index (χ3v) is 4.47. The summed E-state index contributed by atoms with van der Waals surface area (Å²) in [5, 5.41) is 3.45. The van der Waals surface area contributed by atoms with Crippen molar-refractivity contribution >= 4 is 41.7 Å². The van der Waals surface area contributed by atoms with Crippen LogP contribution in [0.1, 0.15) is 26.2 Å². The van der Waals surface area contributed by atoms with E-state index in [-0.39, 0.29) is 24.0 Å². The number of aliphatic imine (C=N–C) groups is 1. The summed E-state index contributed by atoms with van der Waals surface area (Å²) < 4.78 is 0. The van der Waals surface area contributed by atoms with Gasteiger partial charge in [0.25, 0.3) is 0 Å². The topological polar surface area (TPSA) is 30.9 Å². The average molecular weight is 414 g/mol. The van der Waals surface area contributed by atoms with Crippen LogP contribution in [0.15, 0.2) is 4.99 Å². The smallest absolute Gasteiger partial charge is 0.193 e. The van der Waals surface area contributed by atoms with Gasteiger partial charge in [-0.25, -0.2) is 0 Å². The molecule has 1 saturated heterocycles. The van der Waals surface area contributed by atoms with Gasteiger partial charge in [0.2, 0.25) is 0 Å². The van der Waals surface area contributed by atoms with Crippen LogP contribution < -0.4 is 5.32 Å². The Hall–Kier alpha value is 0.310. The van der Waals surface area contributed by atoms with E-state index in [0.29, 0.717) is 6.04 Å². The lowest BCUT2D eigenvalue weighted by Gasteiger charge is -2.29. The van der Waals surface area contributed by atoms with Gasteiger partial charge in [0, 0.05) is 33.2 Å². The zero-order chi connectivity index (χ0) is 14.1. The molecule has 0 bridgehead atoms. The van der Waals surface area contributed by atoms with Crippen molar-refractivity contribution in [2.24, 2.45) is 4.99 Å². The van der Waals surface area contributed by atoms with Gasteiger partial charge in [-0.2, -0.15) is 11.8 Å². The Morgan fingerprint density at radius 3 is 2.85 bits per heavy atom. The molecule has 0 aromatic heterocycles. The summed E-state index contributed by atoms with van der Waals surface area (Å²) in [7, 11) is 4.02. The first-order valence-corrected chi connectivity index (χ1v) is 8.77. The quantitative estimate of drug-likeness (QED) is 0.300. The number of likely N-dealkylation sites (N-methyl/N-ethyl adjacent to an activating group) is 2. The number of likely N-dealkylation sites (tertiary alicyclic amines) is 1. The van der Waals surface area contributed by atoms with Gasteiger partial charge in [-0.05, 0) is 44.4 Å². The Bertz CT molecular complexity index is 276. The SMILES string of the molecule is CCN1CCCC1CN(C)C(=NC)NCCCSC.I. The van der Waals surface area contributed by atoms with Crippen LogP contribution in [0.25, 0.3) is 0 Å². The molecule has 1 rings (SSSR count). The number of guanidine groups is 1. The van der Waals surface area contributed by atoms with E-state index >= 15 is 0 Å². The van der Waals surface area contributed by atoms with Crippen LogP contribution in [0.5, 0.6) is 0 Å². The molecule has 20 heavy (non-hydrogen) atoms. The molecule has 1 atom stereocenters. The van der Waals surface area contributed by atoms with Crippen LogP contribution in [0.4, 0.5) is 0 Å². The highest BCUT2D eigenvalue weighted by Gasteiger charge is 2.24. The van der Waals surface area contributed by atoms with Crippen molar-refractivity contribution in [2.45, 2.75) is 32.2 Å². The van der Waals surface area contributed by atoms with Crippen molar-refractivity contribution in [3.8, 4) is 0 Å². The summed E-state index contributed by atoms with van der Waals surface area (Å²) in [4.78, 5) is 9.24. The molecule has 1 aliphatic heterocycles. The summed E-state index contributed by atoms with van der Waals surface area (Å²) in [5.74, 6) is 2.24.